The molecular weight excluding hydrogens is 263 g/mol. The maximum atomic E-state index is 12.5. The van der Waals surface area contributed by atoms with Crippen LogP contribution in [0.2, 0.25) is 0 Å². The summed E-state index contributed by atoms with van der Waals surface area (Å²) in [7, 11) is 0. The number of nitrogens with one attached hydrogen (secondary N) is 2. The van der Waals surface area contributed by atoms with Gasteiger partial charge >= 0.3 is 6.18 Å². The molecule has 0 spiro atoms. The van der Waals surface area contributed by atoms with Crippen molar-refractivity contribution in [2.75, 3.05) is 5.32 Å². The number of anilines is 1. The van der Waals surface area contributed by atoms with Crippen LogP contribution < -0.4 is 16.6 Å². The molecule has 1 heterocycles. The van der Waals surface area contributed by atoms with Crippen LogP contribution in [0.1, 0.15) is 25.3 Å². The summed E-state index contributed by atoms with van der Waals surface area (Å²) in [5.41, 5.74) is 3.17. The largest absolute Gasteiger partial charge is 0.417 e. The van der Waals surface area contributed by atoms with Crippen molar-refractivity contribution in [1.29, 1.82) is 0 Å². The van der Waals surface area contributed by atoms with Gasteiger partial charge in [0, 0.05) is 6.20 Å². The maximum Gasteiger partial charge on any atom is 0.417 e. The van der Waals surface area contributed by atoms with Crippen LogP contribution in [-0.2, 0) is 11.0 Å². The van der Waals surface area contributed by atoms with E-state index in [-0.39, 0.29) is 0 Å². The second-order valence-corrected chi connectivity index (χ2v) is 4.01. The molecule has 0 bridgehead atoms. The Morgan fingerprint density at radius 2 is 2.16 bits per heavy atom. The van der Waals surface area contributed by atoms with Crippen molar-refractivity contribution in [3.05, 3.63) is 28.2 Å². The van der Waals surface area contributed by atoms with Crippen LogP contribution in [-0.4, -0.2) is 16.9 Å². The SMILES string of the molecule is CCC[C@@H](N)C(=O)Nc1cc(C(F)(F)F)c[nH]c1=O. The van der Waals surface area contributed by atoms with Crippen LogP contribution in [0.3, 0.4) is 0 Å². The smallest absolute Gasteiger partial charge is 0.327 e. The summed E-state index contributed by atoms with van der Waals surface area (Å²) in [5, 5.41) is 2.10. The third-order valence-electron chi connectivity index (χ3n) is 2.42. The van der Waals surface area contributed by atoms with Gasteiger partial charge in [0.1, 0.15) is 5.69 Å². The van der Waals surface area contributed by atoms with Gasteiger partial charge in [-0.15, -0.1) is 0 Å². The number of carbonyl (C=O) groups excluding carboxylic acids is 1. The Bertz CT molecular complexity index is 511. The molecule has 1 aromatic heterocycles. The summed E-state index contributed by atoms with van der Waals surface area (Å²) in [6, 6.07) is -0.283. The first-order valence-corrected chi connectivity index (χ1v) is 5.62. The topological polar surface area (TPSA) is 88.0 Å². The molecule has 8 heteroatoms. The quantitative estimate of drug-likeness (QED) is 0.778. The van der Waals surface area contributed by atoms with Crippen molar-refractivity contribution in [1.82, 2.24) is 4.98 Å². The number of hydrogen-bond donors (Lipinski definition) is 3. The van der Waals surface area contributed by atoms with Gasteiger partial charge in [-0.25, -0.2) is 0 Å². The van der Waals surface area contributed by atoms with E-state index in [2.05, 4.69) is 5.32 Å². The molecule has 5 nitrogen and oxygen atoms in total. The van der Waals surface area contributed by atoms with E-state index in [4.69, 9.17) is 5.73 Å². The van der Waals surface area contributed by atoms with Gasteiger partial charge in [0.05, 0.1) is 11.6 Å². The molecule has 19 heavy (non-hydrogen) atoms. The molecule has 0 fully saturated rings. The van der Waals surface area contributed by atoms with Crippen molar-refractivity contribution in [3.63, 3.8) is 0 Å². The van der Waals surface area contributed by atoms with E-state index in [9.17, 15) is 22.8 Å². The first kappa shape index (κ1) is 15.2. The zero-order chi connectivity index (χ0) is 14.6. The number of pyridine rings is 1. The number of aromatic nitrogens is 1. The minimum Gasteiger partial charge on any atom is -0.327 e. The molecule has 1 aromatic rings. The van der Waals surface area contributed by atoms with Gasteiger partial charge in [0.15, 0.2) is 0 Å². The Balaban J connectivity index is 2.95. The highest BCUT2D eigenvalue weighted by Gasteiger charge is 2.31. The molecule has 1 atom stereocenters. The maximum absolute atomic E-state index is 12.5. The fraction of sp³-hybridized carbons (Fsp3) is 0.455. The van der Waals surface area contributed by atoms with E-state index >= 15 is 0 Å². The van der Waals surface area contributed by atoms with Crippen molar-refractivity contribution < 1.29 is 18.0 Å². The molecule has 0 aromatic carbocycles. The highest BCUT2D eigenvalue weighted by molar-refractivity contribution is 5.94. The number of rotatable bonds is 4. The molecular formula is C11H14F3N3O2. The Morgan fingerprint density at radius 1 is 1.53 bits per heavy atom. The second-order valence-electron chi connectivity index (χ2n) is 4.01. The summed E-state index contributed by atoms with van der Waals surface area (Å²) in [6.45, 7) is 1.81. The molecule has 1 rings (SSSR count). The summed E-state index contributed by atoms with van der Waals surface area (Å²) in [5.74, 6) is -0.688. The zero-order valence-electron chi connectivity index (χ0n) is 10.2. The summed E-state index contributed by atoms with van der Waals surface area (Å²) < 4.78 is 37.4. The highest BCUT2D eigenvalue weighted by atomic mass is 19.4. The third-order valence-corrected chi connectivity index (χ3v) is 2.42. The van der Waals surface area contributed by atoms with Crippen molar-refractivity contribution in [2.45, 2.75) is 32.0 Å². The zero-order valence-corrected chi connectivity index (χ0v) is 10.2. The van der Waals surface area contributed by atoms with Crippen LogP contribution in [0.5, 0.6) is 0 Å². The minimum atomic E-state index is -4.60. The number of amides is 1. The first-order chi connectivity index (χ1) is 8.75. The van der Waals surface area contributed by atoms with Crippen LogP contribution in [0.15, 0.2) is 17.1 Å². The molecule has 106 valence electrons. The molecule has 0 aliphatic carbocycles. The fourth-order valence-corrected chi connectivity index (χ4v) is 1.41. The van der Waals surface area contributed by atoms with E-state index in [0.717, 1.165) is 0 Å². The number of hydrogen-bond acceptors (Lipinski definition) is 3. The standard InChI is InChI=1S/C11H14F3N3O2/c1-2-3-7(15)9(18)17-8-4-6(11(12,13)14)5-16-10(8)19/h4-5,7H,2-3,15H2,1H3,(H,16,19)(H,17,18)/t7-/m1/s1. The number of H-pyrrole nitrogens is 1. The Morgan fingerprint density at radius 3 is 2.68 bits per heavy atom. The van der Waals surface area contributed by atoms with Gasteiger partial charge in [0.25, 0.3) is 5.56 Å². The average molecular weight is 277 g/mol. The van der Waals surface area contributed by atoms with E-state index in [0.29, 0.717) is 25.1 Å². The molecule has 0 unspecified atom stereocenters. The normalized spacial score (nSPS) is 13.1. The third kappa shape index (κ3) is 4.09. The second kappa shape index (κ2) is 5.87. The summed E-state index contributed by atoms with van der Waals surface area (Å²) in [6.07, 6.45) is -3.03. The lowest BCUT2D eigenvalue weighted by molar-refractivity contribution is -0.137. The lowest BCUT2D eigenvalue weighted by Crippen LogP contribution is -2.36. The minimum absolute atomic E-state index is 0.378. The molecule has 1 amide bonds. The van der Waals surface area contributed by atoms with E-state index in [1.54, 1.807) is 0 Å². The van der Waals surface area contributed by atoms with Crippen LogP contribution >= 0.6 is 0 Å². The van der Waals surface area contributed by atoms with E-state index in [1.165, 1.54) is 0 Å². The molecule has 0 aliphatic heterocycles. The van der Waals surface area contributed by atoms with Gasteiger partial charge < -0.3 is 16.0 Å². The fourth-order valence-electron chi connectivity index (χ4n) is 1.41. The van der Waals surface area contributed by atoms with Gasteiger partial charge in [-0.3, -0.25) is 9.59 Å². The number of aromatic amines is 1. The summed E-state index contributed by atoms with van der Waals surface area (Å²) in [4.78, 5) is 24.8. The Kier molecular flexibility index (Phi) is 4.71. The van der Waals surface area contributed by atoms with E-state index in [1.807, 2.05) is 11.9 Å². The predicted octanol–water partition coefficient (Wildman–Crippen LogP) is 1.46. The number of carbonyl (C=O) groups is 1. The van der Waals surface area contributed by atoms with Crippen LogP contribution in [0.25, 0.3) is 0 Å². The van der Waals surface area contributed by atoms with Crippen LogP contribution in [0, 0.1) is 0 Å². The number of alkyl halides is 3. The molecule has 0 aliphatic rings. The van der Waals surface area contributed by atoms with E-state index < -0.39 is 34.9 Å². The van der Waals surface area contributed by atoms with Crippen LogP contribution in [0.4, 0.5) is 18.9 Å². The van der Waals surface area contributed by atoms with Gasteiger partial charge in [0.2, 0.25) is 5.91 Å². The van der Waals surface area contributed by atoms with Crippen molar-refractivity contribution in [2.24, 2.45) is 5.73 Å². The van der Waals surface area contributed by atoms with Gasteiger partial charge in [-0.1, -0.05) is 13.3 Å². The number of halogens is 3. The van der Waals surface area contributed by atoms with Crippen molar-refractivity contribution >= 4 is 11.6 Å². The van der Waals surface area contributed by atoms with Gasteiger partial charge in [-0.05, 0) is 12.5 Å². The summed E-state index contributed by atoms with van der Waals surface area (Å²) >= 11 is 0. The Labute approximate surface area is 107 Å². The lowest BCUT2D eigenvalue weighted by Gasteiger charge is -2.12. The lowest BCUT2D eigenvalue weighted by atomic mass is 10.1. The first-order valence-electron chi connectivity index (χ1n) is 5.62. The highest BCUT2D eigenvalue weighted by Crippen LogP contribution is 2.29. The van der Waals surface area contributed by atoms with Gasteiger partial charge in [-0.2, -0.15) is 13.2 Å². The average Bonchev–Trinajstić information content (AvgIpc) is 2.30. The molecule has 4 N–H and O–H groups in total. The predicted molar refractivity (Wildman–Crippen MR) is 63.6 cm³/mol. The number of nitrogens with two attached hydrogens (primary N) is 1. The molecule has 0 radical (unpaired) electrons. The van der Waals surface area contributed by atoms with Crippen molar-refractivity contribution in [3.8, 4) is 0 Å². The monoisotopic (exact) mass is 277 g/mol. The Hall–Kier alpha value is -1.83. The molecule has 0 saturated carbocycles. The molecule has 0 saturated heterocycles.